The summed E-state index contributed by atoms with van der Waals surface area (Å²) < 4.78 is 0. The lowest BCUT2D eigenvalue weighted by atomic mass is 10.1. The fourth-order valence-electron chi connectivity index (χ4n) is 1.78. The summed E-state index contributed by atoms with van der Waals surface area (Å²) in [5.74, 6) is -0.0472. The second-order valence-electron chi connectivity index (χ2n) is 3.79. The van der Waals surface area contributed by atoms with Gasteiger partial charge in [0.25, 0.3) is 5.91 Å². The second-order valence-corrected chi connectivity index (χ2v) is 3.79. The Bertz CT molecular complexity index is 392. The Balaban J connectivity index is 2.54. The number of hydrogen-bond acceptors (Lipinski definition) is 3. The molecule has 1 atom stereocenters. The van der Waals surface area contributed by atoms with Crippen molar-refractivity contribution in [2.45, 2.75) is 6.23 Å². The van der Waals surface area contributed by atoms with Crippen molar-refractivity contribution in [2.75, 3.05) is 25.5 Å². The molecule has 1 amide bonds. The van der Waals surface area contributed by atoms with Crippen molar-refractivity contribution < 1.29 is 9.90 Å². The first-order chi connectivity index (χ1) is 7.11. The first-order valence-corrected chi connectivity index (χ1v) is 4.86. The zero-order valence-electron chi connectivity index (χ0n) is 8.84. The van der Waals surface area contributed by atoms with Gasteiger partial charge < -0.3 is 14.9 Å². The quantitative estimate of drug-likeness (QED) is 0.673. The molecule has 4 nitrogen and oxygen atoms in total. The van der Waals surface area contributed by atoms with E-state index in [0.717, 1.165) is 5.69 Å². The van der Waals surface area contributed by atoms with Crippen molar-refractivity contribution in [3.63, 3.8) is 0 Å². The van der Waals surface area contributed by atoms with Gasteiger partial charge in [-0.15, -0.1) is 0 Å². The minimum absolute atomic E-state index is 0.0472. The highest BCUT2D eigenvalue weighted by atomic mass is 16.3. The van der Waals surface area contributed by atoms with Gasteiger partial charge in [-0.2, -0.15) is 0 Å². The van der Waals surface area contributed by atoms with Crippen LogP contribution in [0.15, 0.2) is 24.3 Å². The van der Waals surface area contributed by atoms with Crippen LogP contribution in [0.4, 0.5) is 5.69 Å². The van der Waals surface area contributed by atoms with Crippen LogP contribution in [0.25, 0.3) is 0 Å². The lowest BCUT2D eigenvalue weighted by Gasteiger charge is -2.24. The topological polar surface area (TPSA) is 43.8 Å². The van der Waals surface area contributed by atoms with Crippen LogP contribution >= 0.6 is 0 Å². The summed E-state index contributed by atoms with van der Waals surface area (Å²) in [5, 5.41) is 9.82. The van der Waals surface area contributed by atoms with Crippen LogP contribution in [-0.2, 0) is 0 Å². The highest BCUT2D eigenvalue weighted by Gasteiger charge is 2.26. The van der Waals surface area contributed by atoms with E-state index >= 15 is 0 Å². The maximum atomic E-state index is 11.9. The van der Waals surface area contributed by atoms with Crippen LogP contribution < -0.4 is 4.90 Å². The molecular formula is C11H14N2O2. The highest BCUT2D eigenvalue weighted by Crippen LogP contribution is 2.24. The van der Waals surface area contributed by atoms with E-state index in [1.54, 1.807) is 25.1 Å². The molecule has 0 aromatic heterocycles. The zero-order chi connectivity index (χ0) is 11.0. The standard InChI is InChI=1S/C11H14N2O2/c1-12-7-10(14)13(2)9-6-4-3-5-8(9)11(12)15/h3-6,10,14H,7H2,1-2H3. The summed E-state index contributed by atoms with van der Waals surface area (Å²) in [5.41, 5.74) is 1.42. The van der Waals surface area contributed by atoms with Crippen LogP contribution in [0.5, 0.6) is 0 Å². The van der Waals surface area contributed by atoms with E-state index in [4.69, 9.17) is 0 Å². The van der Waals surface area contributed by atoms with Crippen LogP contribution in [0, 0.1) is 0 Å². The average Bonchev–Trinajstić information content (AvgIpc) is 2.33. The number of likely N-dealkylation sites (N-methyl/N-ethyl adjacent to an activating group) is 2. The Morgan fingerprint density at radius 3 is 2.73 bits per heavy atom. The van der Waals surface area contributed by atoms with Crippen molar-refractivity contribution in [1.29, 1.82) is 0 Å². The number of para-hydroxylation sites is 1. The normalized spacial score (nSPS) is 21.3. The van der Waals surface area contributed by atoms with E-state index in [1.807, 2.05) is 18.2 Å². The van der Waals surface area contributed by atoms with Gasteiger partial charge in [0.2, 0.25) is 0 Å². The van der Waals surface area contributed by atoms with E-state index in [9.17, 15) is 9.90 Å². The number of aliphatic hydroxyl groups is 1. The number of amides is 1. The molecule has 1 N–H and O–H groups in total. The molecule has 0 radical (unpaired) electrons. The molecule has 4 heteroatoms. The molecule has 1 aliphatic rings. The predicted octanol–water partition coefficient (Wildman–Crippen LogP) is 0.527. The van der Waals surface area contributed by atoms with Gasteiger partial charge in [0.1, 0.15) is 6.23 Å². The molecule has 0 bridgehead atoms. The summed E-state index contributed by atoms with van der Waals surface area (Å²) in [6, 6.07) is 7.31. The number of anilines is 1. The molecule has 1 heterocycles. The third-order valence-corrected chi connectivity index (χ3v) is 2.75. The molecule has 1 aromatic rings. The number of fused-ring (bicyclic) bond motifs is 1. The van der Waals surface area contributed by atoms with E-state index in [-0.39, 0.29) is 5.91 Å². The van der Waals surface area contributed by atoms with Gasteiger partial charge >= 0.3 is 0 Å². The Labute approximate surface area is 88.7 Å². The SMILES string of the molecule is CN1CC(O)N(C)c2ccccc2C1=O. The van der Waals surface area contributed by atoms with Crippen molar-refractivity contribution in [3.8, 4) is 0 Å². The third kappa shape index (κ3) is 1.57. The predicted molar refractivity (Wildman–Crippen MR) is 57.8 cm³/mol. The Kier molecular flexibility index (Phi) is 2.36. The Morgan fingerprint density at radius 2 is 2.00 bits per heavy atom. The largest absolute Gasteiger partial charge is 0.372 e. The van der Waals surface area contributed by atoms with Gasteiger partial charge in [0.05, 0.1) is 17.8 Å². The molecule has 0 aliphatic carbocycles. The summed E-state index contributed by atoms with van der Waals surface area (Å²) in [7, 11) is 3.48. The van der Waals surface area contributed by atoms with Crippen molar-refractivity contribution in [2.24, 2.45) is 0 Å². The lowest BCUT2D eigenvalue weighted by molar-refractivity contribution is 0.0707. The minimum atomic E-state index is -0.650. The molecule has 0 spiro atoms. The summed E-state index contributed by atoms with van der Waals surface area (Å²) >= 11 is 0. The van der Waals surface area contributed by atoms with Crippen LogP contribution in [0.2, 0.25) is 0 Å². The van der Waals surface area contributed by atoms with Crippen molar-refractivity contribution in [1.82, 2.24) is 4.90 Å². The zero-order valence-corrected chi connectivity index (χ0v) is 8.84. The van der Waals surface area contributed by atoms with Gasteiger partial charge in [0.15, 0.2) is 0 Å². The molecule has 0 fully saturated rings. The van der Waals surface area contributed by atoms with Crippen molar-refractivity contribution in [3.05, 3.63) is 29.8 Å². The lowest BCUT2D eigenvalue weighted by Crippen LogP contribution is -2.39. The molecule has 1 unspecified atom stereocenters. The minimum Gasteiger partial charge on any atom is -0.372 e. The summed E-state index contributed by atoms with van der Waals surface area (Å²) in [4.78, 5) is 15.2. The van der Waals surface area contributed by atoms with E-state index in [1.165, 1.54) is 4.90 Å². The number of nitrogens with zero attached hydrogens (tertiary/aromatic N) is 2. The monoisotopic (exact) mass is 206 g/mol. The molecule has 0 saturated heterocycles. The van der Waals surface area contributed by atoms with Crippen LogP contribution in [0.3, 0.4) is 0 Å². The van der Waals surface area contributed by atoms with Crippen LogP contribution in [-0.4, -0.2) is 42.8 Å². The molecule has 2 rings (SSSR count). The number of rotatable bonds is 0. The van der Waals surface area contributed by atoms with Gasteiger partial charge in [0, 0.05) is 14.1 Å². The van der Waals surface area contributed by atoms with E-state index < -0.39 is 6.23 Å². The van der Waals surface area contributed by atoms with Crippen LogP contribution in [0.1, 0.15) is 10.4 Å². The molecular weight excluding hydrogens is 192 g/mol. The fraction of sp³-hybridized carbons (Fsp3) is 0.364. The number of carbonyl (C=O) groups is 1. The number of aliphatic hydroxyl groups excluding tert-OH is 1. The van der Waals surface area contributed by atoms with Gasteiger partial charge in [-0.25, -0.2) is 0 Å². The van der Waals surface area contributed by atoms with Gasteiger partial charge in [-0.1, -0.05) is 12.1 Å². The van der Waals surface area contributed by atoms with E-state index in [2.05, 4.69) is 0 Å². The molecule has 1 aromatic carbocycles. The molecule has 1 aliphatic heterocycles. The Hall–Kier alpha value is -1.55. The maximum Gasteiger partial charge on any atom is 0.255 e. The smallest absolute Gasteiger partial charge is 0.255 e. The molecule has 80 valence electrons. The Morgan fingerprint density at radius 1 is 1.33 bits per heavy atom. The number of benzene rings is 1. The summed E-state index contributed by atoms with van der Waals surface area (Å²) in [6.45, 7) is 0.323. The third-order valence-electron chi connectivity index (χ3n) is 2.75. The number of hydrogen-bond donors (Lipinski definition) is 1. The number of carbonyl (C=O) groups excluding carboxylic acids is 1. The van der Waals surface area contributed by atoms with Gasteiger partial charge in [-0.3, -0.25) is 4.79 Å². The second kappa shape index (κ2) is 3.55. The molecule has 0 saturated carbocycles. The summed E-state index contributed by atoms with van der Waals surface area (Å²) in [6.07, 6.45) is -0.650. The first kappa shape index (κ1) is 9.98. The number of β-amino-alcohol motifs (C(OH)–C–C–N with tert-alkyl or cyclic N) is 1. The first-order valence-electron chi connectivity index (χ1n) is 4.86. The van der Waals surface area contributed by atoms with E-state index in [0.29, 0.717) is 12.1 Å². The average molecular weight is 206 g/mol. The maximum absolute atomic E-state index is 11.9. The fourth-order valence-corrected chi connectivity index (χ4v) is 1.78. The molecule has 15 heavy (non-hydrogen) atoms. The van der Waals surface area contributed by atoms with Crippen molar-refractivity contribution >= 4 is 11.6 Å². The highest BCUT2D eigenvalue weighted by molar-refractivity contribution is 6.00. The van der Waals surface area contributed by atoms with Gasteiger partial charge in [-0.05, 0) is 12.1 Å².